The summed E-state index contributed by atoms with van der Waals surface area (Å²) in [5, 5.41) is 0. The minimum atomic E-state index is 0.140. The zero-order chi connectivity index (χ0) is 9.71. The number of hydrogen-bond donors (Lipinski definition) is 2. The minimum Gasteiger partial charge on any atom is -0.368 e. The molecule has 1 heterocycles. The van der Waals surface area contributed by atoms with Crippen LogP contribution in [0.25, 0.3) is 0 Å². The summed E-state index contributed by atoms with van der Waals surface area (Å²) in [6.07, 6.45) is 4.42. The Kier molecular flexibility index (Phi) is 1.56. The van der Waals surface area contributed by atoms with Gasteiger partial charge in [-0.25, -0.2) is 9.97 Å². The molecule has 0 aromatic carbocycles. The molecule has 14 heavy (non-hydrogen) atoms. The van der Waals surface area contributed by atoms with Crippen molar-refractivity contribution in [3.05, 3.63) is 17.0 Å². The highest BCUT2D eigenvalue weighted by atomic mass is 15.0. The van der Waals surface area contributed by atoms with E-state index >= 15 is 0 Å². The van der Waals surface area contributed by atoms with Gasteiger partial charge in [-0.05, 0) is 25.7 Å². The second-order valence-corrected chi connectivity index (χ2v) is 4.25. The van der Waals surface area contributed by atoms with Crippen LogP contribution in [-0.2, 0) is 6.42 Å². The molecule has 0 spiro atoms. The fraction of sp³-hybridized carbons (Fsp3) is 0.600. The lowest BCUT2D eigenvalue weighted by atomic mass is 10.1. The molecule has 0 radical (unpaired) electrons. The van der Waals surface area contributed by atoms with Crippen LogP contribution in [0.1, 0.15) is 48.2 Å². The summed E-state index contributed by atoms with van der Waals surface area (Å²) in [4.78, 5) is 8.61. The van der Waals surface area contributed by atoms with E-state index in [0.717, 1.165) is 24.2 Å². The Balaban J connectivity index is 2.17. The Bertz CT molecular complexity index is 384. The summed E-state index contributed by atoms with van der Waals surface area (Å²) in [6, 6.07) is 0.140. The fourth-order valence-corrected chi connectivity index (χ4v) is 2.25. The van der Waals surface area contributed by atoms with Gasteiger partial charge < -0.3 is 11.5 Å². The molecular formula is C10H14N4. The van der Waals surface area contributed by atoms with E-state index in [9.17, 15) is 0 Å². The minimum absolute atomic E-state index is 0.140. The summed E-state index contributed by atoms with van der Waals surface area (Å²) >= 11 is 0. The summed E-state index contributed by atoms with van der Waals surface area (Å²) in [6.45, 7) is 0. The summed E-state index contributed by atoms with van der Waals surface area (Å²) in [7, 11) is 0. The Hall–Kier alpha value is -1.16. The van der Waals surface area contributed by atoms with Crippen LogP contribution < -0.4 is 11.5 Å². The normalized spacial score (nSPS) is 25.1. The first kappa shape index (κ1) is 8.17. The van der Waals surface area contributed by atoms with Crippen LogP contribution in [0.3, 0.4) is 0 Å². The van der Waals surface area contributed by atoms with Gasteiger partial charge in [-0.2, -0.15) is 0 Å². The van der Waals surface area contributed by atoms with Crippen molar-refractivity contribution in [2.45, 2.75) is 37.6 Å². The molecule has 1 unspecified atom stereocenters. The maximum Gasteiger partial charge on any atom is 0.220 e. The zero-order valence-electron chi connectivity index (χ0n) is 8.03. The molecular weight excluding hydrogens is 176 g/mol. The summed E-state index contributed by atoms with van der Waals surface area (Å²) < 4.78 is 0. The van der Waals surface area contributed by atoms with E-state index in [2.05, 4.69) is 9.97 Å². The molecule has 1 atom stereocenters. The Morgan fingerprint density at radius 3 is 2.64 bits per heavy atom. The van der Waals surface area contributed by atoms with Crippen LogP contribution in [0.4, 0.5) is 5.95 Å². The molecule has 1 fully saturated rings. The highest BCUT2D eigenvalue weighted by molar-refractivity contribution is 5.40. The van der Waals surface area contributed by atoms with Gasteiger partial charge in [-0.3, -0.25) is 0 Å². The largest absolute Gasteiger partial charge is 0.368 e. The number of aromatic nitrogens is 2. The summed E-state index contributed by atoms with van der Waals surface area (Å²) in [5.74, 6) is 1.03. The topological polar surface area (TPSA) is 77.8 Å². The molecule has 2 aliphatic rings. The molecule has 3 rings (SSSR count). The van der Waals surface area contributed by atoms with Gasteiger partial charge >= 0.3 is 0 Å². The number of nitrogens with two attached hydrogens (primary N) is 2. The van der Waals surface area contributed by atoms with E-state index < -0.39 is 0 Å². The van der Waals surface area contributed by atoms with Gasteiger partial charge in [0.15, 0.2) is 0 Å². The van der Waals surface area contributed by atoms with Crippen LogP contribution in [0.15, 0.2) is 0 Å². The van der Waals surface area contributed by atoms with E-state index in [1.54, 1.807) is 0 Å². The van der Waals surface area contributed by atoms with Crippen molar-refractivity contribution in [2.75, 3.05) is 5.73 Å². The molecule has 74 valence electrons. The molecule has 4 nitrogen and oxygen atoms in total. The molecule has 0 amide bonds. The third-order valence-corrected chi connectivity index (χ3v) is 3.10. The number of nitrogen functional groups attached to an aromatic ring is 1. The van der Waals surface area contributed by atoms with Crippen molar-refractivity contribution < 1.29 is 0 Å². The average Bonchev–Trinajstić information content (AvgIpc) is 2.92. The fourth-order valence-electron chi connectivity index (χ4n) is 2.25. The van der Waals surface area contributed by atoms with E-state index in [1.165, 1.54) is 18.4 Å². The van der Waals surface area contributed by atoms with E-state index in [4.69, 9.17) is 11.5 Å². The van der Waals surface area contributed by atoms with Crippen molar-refractivity contribution in [2.24, 2.45) is 5.73 Å². The lowest BCUT2D eigenvalue weighted by Crippen LogP contribution is -2.11. The quantitative estimate of drug-likeness (QED) is 0.689. The van der Waals surface area contributed by atoms with Crippen molar-refractivity contribution >= 4 is 5.95 Å². The molecule has 1 aromatic rings. The molecule has 4 heteroatoms. The van der Waals surface area contributed by atoms with Crippen LogP contribution in [0.2, 0.25) is 0 Å². The number of nitrogens with zero attached hydrogens (tertiary/aromatic N) is 2. The van der Waals surface area contributed by atoms with Gasteiger partial charge in [0.05, 0.1) is 11.4 Å². The lowest BCUT2D eigenvalue weighted by molar-refractivity contribution is 0.703. The maximum absolute atomic E-state index is 6.04. The van der Waals surface area contributed by atoms with Crippen LogP contribution in [-0.4, -0.2) is 9.97 Å². The third kappa shape index (κ3) is 1.10. The SMILES string of the molecule is Nc1nc2c(c(C3CC3)n1)C(N)CC2. The first-order valence-electron chi connectivity index (χ1n) is 5.17. The molecule has 1 saturated carbocycles. The van der Waals surface area contributed by atoms with E-state index in [-0.39, 0.29) is 6.04 Å². The Labute approximate surface area is 82.7 Å². The molecule has 0 saturated heterocycles. The number of rotatable bonds is 1. The summed E-state index contributed by atoms with van der Waals surface area (Å²) in [5.41, 5.74) is 15.1. The van der Waals surface area contributed by atoms with Gasteiger partial charge in [-0.15, -0.1) is 0 Å². The van der Waals surface area contributed by atoms with E-state index in [1.807, 2.05) is 0 Å². The van der Waals surface area contributed by atoms with Crippen LogP contribution >= 0.6 is 0 Å². The number of aryl methyl sites for hydroxylation is 1. The highest BCUT2D eigenvalue weighted by Crippen LogP contribution is 2.44. The van der Waals surface area contributed by atoms with Crippen molar-refractivity contribution in [3.63, 3.8) is 0 Å². The monoisotopic (exact) mass is 190 g/mol. The van der Waals surface area contributed by atoms with Gasteiger partial charge in [-0.1, -0.05) is 0 Å². The second-order valence-electron chi connectivity index (χ2n) is 4.25. The zero-order valence-corrected chi connectivity index (χ0v) is 8.03. The lowest BCUT2D eigenvalue weighted by Gasteiger charge is -2.10. The van der Waals surface area contributed by atoms with Crippen molar-refractivity contribution in [1.82, 2.24) is 9.97 Å². The molecule has 4 N–H and O–H groups in total. The van der Waals surface area contributed by atoms with Crippen molar-refractivity contribution in [1.29, 1.82) is 0 Å². The Morgan fingerprint density at radius 2 is 1.93 bits per heavy atom. The first-order valence-corrected chi connectivity index (χ1v) is 5.17. The van der Waals surface area contributed by atoms with E-state index in [0.29, 0.717) is 11.9 Å². The van der Waals surface area contributed by atoms with Gasteiger partial charge in [0.1, 0.15) is 0 Å². The van der Waals surface area contributed by atoms with Crippen LogP contribution in [0, 0.1) is 0 Å². The van der Waals surface area contributed by atoms with Crippen LogP contribution in [0.5, 0.6) is 0 Å². The predicted octanol–water partition coefficient (Wildman–Crippen LogP) is 0.882. The predicted molar refractivity (Wildman–Crippen MR) is 53.7 cm³/mol. The molecule has 0 bridgehead atoms. The van der Waals surface area contributed by atoms with Gasteiger partial charge in [0.2, 0.25) is 5.95 Å². The third-order valence-electron chi connectivity index (χ3n) is 3.10. The van der Waals surface area contributed by atoms with Crippen molar-refractivity contribution in [3.8, 4) is 0 Å². The first-order chi connectivity index (χ1) is 6.75. The Morgan fingerprint density at radius 1 is 1.14 bits per heavy atom. The smallest absolute Gasteiger partial charge is 0.220 e. The second kappa shape index (κ2) is 2.67. The van der Waals surface area contributed by atoms with Gasteiger partial charge in [0.25, 0.3) is 0 Å². The van der Waals surface area contributed by atoms with Gasteiger partial charge in [0, 0.05) is 17.5 Å². The number of fused-ring (bicyclic) bond motifs is 1. The number of hydrogen-bond acceptors (Lipinski definition) is 4. The molecule has 2 aliphatic carbocycles. The highest BCUT2D eigenvalue weighted by Gasteiger charge is 2.34. The standard InChI is InChI=1S/C10H14N4/c11-6-3-4-7-8(6)9(5-1-2-5)14-10(12)13-7/h5-6H,1-4,11H2,(H2,12,13,14). The average molecular weight is 190 g/mol. The molecule has 0 aliphatic heterocycles. The maximum atomic E-state index is 6.04. The molecule has 1 aromatic heterocycles. The number of anilines is 1.